The summed E-state index contributed by atoms with van der Waals surface area (Å²) in [6.07, 6.45) is 1.32. The highest BCUT2D eigenvalue weighted by Gasteiger charge is 2.33. The van der Waals surface area contributed by atoms with Crippen molar-refractivity contribution in [3.63, 3.8) is 0 Å². The van der Waals surface area contributed by atoms with E-state index in [2.05, 4.69) is 12.6 Å². The Labute approximate surface area is 134 Å². The number of ether oxygens (including phenoxy) is 1. The van der Waals surface area contributed by atoms with Gasteiger partial charge in [-0.1, -0.05) is 0 Å². The number of halogens is 3. The summed E-state index contributed by atoms with van der Waals surface area (Å²) in [6.45, 7) is 1.59. The molecule has 1 aliphatic rings. The molecule has 0 radical (unpaired) electrons. The molecule has 0 bridgehead atoms. The van der Waals surface area contributed by atoms with Crippen molar-refractivity contribution in [2.24, 2.45) is 0 Å². The van der Waals surface area contributed by atoms with E-state index >= 15 is 0 Å². The second-order valence-corrected chi connectivity index (χ2v) is 5.66. The summed E-state index contributed by atoms with van der Waals surface area (Å²) in [4.78, 5) is 24.5. The molecular formula is C15H12F3NO3S. The van der Waals surface area contributed by atoms with Crippen LogP contribution in [-0.4, -0.2) is 17.1 Å². The van der Waals surface area contributed by atoms with Gasteiger partial charge in [0.1, 0.15) is 5.56 Å². The van der Waals surface area contributed by atoms with Gasteiger partial charge < -0.3 is 9.30 Å². The molecule has 1 aliphatic carbocycles. The highest BCUT2D eigenvalue weighted by Crippen LogP contribution is 2.40. The molecule has 8 heteroatoms. The van der Waals surface area contributed by atoms with Crippen LogP contribution in [0.2, 0.25) is 0 Å². The standard InChI is InChI=1S/C15H12F3NO3S/c1-2-22-15(21)9-13(20)7-5-8(16)10(17)11(18)12(7)19(14(9)23)6-3-4-6/h5-6,23H,2-4H2,1H3. The first-order chi connectivity index (χ1) is 10.9. The van der Waals surface area contributed by atoms with E-state index in [4.69, 9.17) is 4.74 Å². The number of hydrogen-bond acceptors (Lipinski definition) is 4. The Morgan fingerprint density at radius 2 is 2.00 bits per heavy atom. The molecule has 2 aromatic rings. The van der Waals surface area contributed by atoms with Crippen LogP contribution < -0.4 is 5.43 Å². The molecule has 1 fully saturated rings. The van der Waals surface area contributed by atoms with Gasteiger partial charge in [-0.3, -0.25) is 4.79 Å². The summed E-state index contributed by atoms with van der Waals surface area (Å²) in [5.41, 5.74) is -1.72. The van der Waals surface area contributed by atoms with Gasteiger partial charge in [0, 0.05) is 6.04 Å². The lowest BCUT2D eigenvalue weighted by Crippen LogP contribution is -2.24. The van der Waals surface area contributed by atoms with E-state index in [0.717, 1.165) is 0 Å². The molecule has 0 spiro atoms. The lowest BCUT2D eigenvalue weighted by molar-refractivity contribution is 0.0519. The quantitative estimate of drug-likeness (QED) is 0.529. The molecule has 0 saturated heterocycles. The van der Waals surface area contributed by atoms with Gasteiger partial charge in [0.05, 0.1) is 22.5 Å². The number of carbonyl (C=O) groups is 1. The van der Waals surface area contributed by atoms with Gasteiger partial charge >= 0.3 is 5.97 Å². The van der Waals surface area contributed by atoms with Gasteiger partial charge in [0.25, 0.3) is 0 Å². The third kappa shape index (κ3) is 2.41. The second kappa shape index (κ2) is 5.59. The average Bonchev–Trinajstić information content (AvgIpc) is 3.31. The van der Waals surface area contributed by atoms with E-state index < -0.39 is 39.8 Å². The van der Waals surface area contributed by atoms with Gasteiger partial charge in [0.15, 0.2) is 17.5 Å². The zero-order valence-electron chi connectivity index (χ0n) is 12.0. The molecule has 1 heterocycles. The highest BCUT2D eigenvalue weighted by atomic mass is 32.1. The minimum atomic E-state index is -1.66. The fourth-order valence-electron chi connectivity index (χ4n) is 2.53. The Balaban J connectivity index is 2.47. The zero-order valence-corrected chi connectivity index (χ0v) is 12.9. The predicted molar refractivity (Wildman–Crippen MR) is 79.6 cm³/mol. The Morgan fingerprint density at radius 1 is 1.35 bits per heavy atom. The van der Waals surface area contributed by atoms with Crippen LogP contribution in [0.25, 0.3) is 10.9 Å². The Kier molecular flexibility index (Phi) is 3.87. The number of hydrogen-bond donors (Lipinski definition) is 1. The molecule has 23 heavy (non-hydrogen) atoms. The van der Waals surface area contributed by atoms with E-state index in [0.29, 0.717) is 18.9 Å². The zero-order chi connectivity index (χ0) is 16.9. The molecule has 122 valence electrons. The fourth-order valence-corrected chi connectivity index (χ4v) is 2.99. The fraction of sp³-hybridized carbons (Fsp3) is 0.333. The predicted octanol–water partition coefficient (Wildman–Crippen LogP) is 3.22. The third-order valence-corrected chi connectivity index (χ3v) is 4.13. The van der Waals surface area contributed by atoms with E-state index in [1.165, 1.54) is 4.57 Å². The molecule has 0 unspecified atom stereocenters. The maximum Gasteiger partial charge on any atom is 0.344 e. The van der Waals surface area contributed by atoms with Crippen molar-refractivity contribution in [3.8, 4) is 0 Å². The minimum Gasteiger partial charge on any atom is -0.462 e. The summed E-state index contributed by atoms with van der Waals surface area (Å²) in [5, 5.41) is -0.512. The maximum absolute atomic E-state index is 14.2. The number of nitrogens with zero attached hydrogens (tertiary/aromatic N) is 1. The SMILES string of the molecule is CCOC(=O)c1c(S)n(C2CC2)c2c(F)c(F)c(F)cc2c1=O. The van der Waals surface area contributed by atoms with Gasteiger partial charge in [0.2, 0.25) is 5.43 Å². The molecule has 0 atom stereocenters. The van der Waals surface area contributed by atoms with Gasteiger partial charge in [-0.05, 0) is 25.8 Å². The number of thiol groups is 1. The van der Waals surface area contributed by atoms with Crippen molar-refractivity contribution in [2.45, 2.75) is 30.8 Å². The van der Waals surface area contributed by atoms with Gasteiger partial charge in [-0.2, -0.15) is 0 Å². The van der Waals surface area contributed by atoms with E-state index in [-0.39, 0.29) is 23.2 Å². The largest absolute Gasteiger partial charge is 0.462 e. The number of fused-ring (bicyclic) bond motifs is 1. The first-order valence-electron chi connectivity index (χ1n) is 7.00. The summed E-state index contributed by atoms with van der Waals surface area (Å²) in [7, 11) is 0. The number of benzene rings is 1. The van der Waals surface area contributed by atoms with Crippen molar-refractivity contribution < 1.29 is 22.7 Å². The monoisotopic (exact) mass is 343 g/mol. The topological polar surface area (TPSA) is 48.3 Å². The maximum atomic E-state index is 14.2. The smallest absolute Gasteiger partial charge is 0.344 e. The van der Waals surface area contributed by atoms with Crippen LogP contribution in [0.3, 0.4) is 0 Å². The molecule has 3 rings (SSSR count). The summed E-state index contributed by atoms with van der Waals surface area (Å²) < 4.78 is 47.4. The van der Waals surface area contributed by atoms with Crippen LogP contribution in [0.5, 0.6) is 0 Å². The van der Waals surface area contributed by atoms with Crippen molar-refractivity contribution >= 4 is 29.5 Å². The van der Waals surface area contributed by atoms with Crippen LogP contribution in [0.15, 0.2) is 15.9 Å². The molecule has 1 saturated carbocycles. The van der Waals surface area contributed by atoms with Crippen molar-refractivity contribution in [1.82, 2.24) is 4.57 Å². The normalized spacial score (nSPS) is 14.3. The van der Waals surface area contributed by atoms with Crippen molar-refractivity contribution in [1.29, 1.82) is 0 Å². The third-order valence-electron chi connectivity index (χ3n) is 3.69. The van der Waals surface area contributed by atoms with Crippen LogP contribution in [0.4, 0.5) is 13.2 Å². The first kappa shape index (κ1) is 15.9. The first-order valence-corrected chi connectivity index (χ1v) is 7.45. The van der Waals surface area contributed by atoms with Crippen LogP contribution in [0.1, 0.15) is 36.2 Å². The average molecular weight is 343 g/mol. The van der Waals surface area contributed by atoms with E-state index in [9.17, 15) is 22.8 Å². The lowest BCUT2D eigenvalue weighted by atomic mass is 10.1. The van der Waals surface area contributed by atoms with Crippen LogP contribution in [-0.2, 0) is 4.74 Å². The van der Waals surface area contributed by atoms with E-state index in [1.54, 1.807) is 6.92 Å². The molecule has 0 aliphatic heterocycles. The Bertz CT molecular complexity index is 890. The van der Waals surface area contributed by atoms with Crippen molar-refractivity contribution in [3.05, 3.63) is 39.3 Å². The molecule has 0 amide bonds. The number of aromatic nitrogens is 1. The Morgan fingerprint density at radius 3 is 2.57 bits per heavy atom. The molecule has 1 aromatic carbocycles. The van der Waals surface area contributed by atoms with E-state index in [1.807, 2.05) is 0 Å². The number of pyridine rings is 1. The summed E-state index contributed by atoms with van der Waals surface area (Å²) in [5.74, 6) is -5.54. The molecule has 4 nitrogen and oxygen atoms in total. The highest BCUT2D eigenvalue weighted by molar-refractivity contribution is 7.80. The molecular weight excluding hydrogens is 331 g/mol. The Hall–Kier alpha value is -1.96. The molecule has 0 N–H and O–H groups in total. The summed E-state index contributed by atoms with van der Waals surface area (Å²) >= 11 is 4.16. The van der Waals surface area contributed by atoms with Crippen molar-refractivity contribution in [2.75, 3.05) is 6.61 Å². The number of rotatable bonds is 3. The van der Waals surface area contributed by atoms with Crippen LogP contribution >= 0.6 is 12.6 Å². The summed E-state index contributed by atoms with van der Waals surface area (Å²) in [6, 6.07) is 0.378. The lowest BCUT2D eigenvalue weighted by Gasteiger charge is -2.17. The minimum absolute atomic E-state index is 0.0269. The van der Waals surface area contributed by atoms with Gasteiger partial charge in [-0.15, -0.1) is 12.6 Å². The molecule has 1 aromatic heterocycles. The number of carbonyl (C=O) groups excluding carboxylic acids is 1. The second-order valence-electron chi connectivity index (χ2n) is 5.23. The number of esters is 1. The van der Waals surface area contributed by atoms with Crippen LogP contribution in [0, 0.1) is 17.5 Å². The van der Waals surface area contributed by atoms with Gasteiger partial charge in [-0.25, -0.2) is 18.0 Å².